The number of halogens is 3. The van der Waals surface area contributed by atoms with Crippen molar-refractivity contribution >= 4 is 26.0 Å². The zero-order valence-corrected chi connectivity index (χ0v) is 14.5. The van der Waals surface area contributed by atoms with E-state index >= 15 is 0 Å². The van der Waals surface area contributed by atoms with E-state index in [4.69, 9.17) is 0 Å². The van der Waals surface area contributed by atoms with Gasteiger partial charge in [0, 0.05) is 18.1 Å². The molecule has 0 bridgehead atoms. The Kier molecular flexibility index (Phi) is 5.72. The third kappa shape index (κ3) is 4.27. The van der Waals surface area contributed by atoms with Gasteiger partial charge in [-0.2, -0.15) is 13.1 Å². The molecule has 2 aromatic carbocycles. The van der Waals surface area contributed by atoms with Gasteiger partial charge in [0.1, 0.15) is 10.6 Å². The van der Waals surface area contributed by atoms with E-state index in [-0.39, 0.29) is 17.2 Å². The second-order valence-electron chi connectivity index (χ2n) is 4.68. The Balaban J connectivity index is 2.33. The summed E-state index contributed by atoms with van der Waals surface area (Å²) in [4.78, 5) is -0.296. The molecule has 0 amide bonds. The molecule has 2 rings (SSSR count). The molecule has 0 aliphatic heterocycles. The molecule has 0 aromatic heterocycles. The fourth-order valence-corrected chi connectivity index (χ4v) is 3.65. The summed E-state index contributed by atoms with van der Waals surface area (Å²) in [6.07, 6.45) is 0. The predicted octanol–water partition coefficient (Wildman–Crippen LogP) is 3.87. The van der Waals surface area contributed by atoms with Crippen LogP contribution in [0.1, 0.15) is 5.56 Å². The number of benzene rings is 2. The monoisotopic (exact) mass is 405 g/mol. The smallest absolute Gasteiger partial charge is 0.387 e. The van der Waals surface area contributed by atoms with Gasteiger partial charge in [0.2, 0.25) is 10.0 Å². The average molecular weight is 406 g/mol. The van der Waals surface area contributed by atoms with E-state index < -0.39 is 16.6 Å². The highest BCUT2D eigenvalue weighted by Crippen LogP contribution is 2.28. The molecule has 0 N–H and O–H groups in total. The Morgan fingerprint density at radius 1 is 1.13 bits per heavy atom. The summed E-state index contributed by atoms with van der Waals surface area (Å²) in [7, 11) is -2.59. The number of hydrogen-bond donors (Lipinski definition) is 0. The normalized spacial score (nSPS) is 11.9. The maximum Gasteiger partial charge on any atom is 0.387 e. The summed E-state index contributed by atoms with van der Waals surface area (Å²) < 4.78 is 56.3. The third-order valence-corrected chi connectivity index (χ3v) is 5.72. The Bertz CT molecular complexity index is 784. The topological polar surface area (TPSA) is 46.6 Å². The fourth-order valence-electron chi connectivity index (χ4n) is 1.98. The minimum atomic E-state index is -3.98. The Hall–Kier alpha value is -1.51. The number of alkyl halides is 2. The summed E-state index contributed by atoms with van der Waals surface area (Å²) in [6, 6.07) is 12.5. The lowest BCUT2D eigenvalue weighted by molar-refractivity contribution is -0.0517. The van der Waals surface area contributed by atoms with Crippen molar-refractivity contribution in [2.45, 2.75) is 18.1 Å². The van der Waals surface area contributed by atoms with Gasteiger partial charge in [-0.1, -0.05) is 46.3 Å². The van der Waals surface area contributed by atoms with Crippen LogP contribution in [-0.4, -0.2) is 26.4 Å². The first-order valence-electron chi connectivity index (χ1n) is 6.56. The molecule has 2 aromatic rings. The fraction of sp³-hybridized carbons (Fsp3) is 0.200. The van der Waals surface area contributed by atoms with E-state index in [1.54, 1.807) is 18.2 Å². The highest BCUT2D eigenvalue weighted by molar-refractivity contribution is 9.10. The molecule has 0 saturated carbocycles. The van der Waals surface area contributed by atoms with E-state index in [0.717, 1.165) is 14.3 Å². The quantitative estimate of drug-likeness (QED) is 0.732. The lowest BCUT2D eigenvalue weighted by atomic mass is 10.2. The van der Waals surface area contributed by atoms with E-state index in [1.165, 1.54) is 31.3 Å². The SMILES string of the molecule is CN(Cc1ccccc1Br)S(=O)(=O)c1ccccc1OC(F)F. The Morgan fingerprint density at radius 2 is 1.74 bits per heavy atom. The van der Waals surface area contributed by atoms with Crippen LogP contribution in [0.4, 0.5) is 8.78 Å². The maximum absolute atomic E-state index is 12.6. The van der Waals surface area contributed by atoms with Gasteiger partial charge < -0.3 is 4.74 Å². The van der Waals surface area contributed by atoms with Gasteiger partial charge in [0.25, 0.3) is 0 Å². The molecule has 8 heteroatoms. The molecule has 23 heavy (non-hydrogen) atoms. The summed E-state index contributed by atoms with van der Waals surface area (Å²) in [5, 5.41) is 0. The van der Waals surface area contributed by atoms with Crippen molar-refractivity contribution in [1.29, 1.82) is 0 Å². The van der Waals surface area contributed by atoms with Crippen molar-refractivity contribution in [3.63, 3.8) is 0 Å². The van der Waals surface area contributed by atoms with Gasteiger partial charge >= 0.3 is 6.61 Å². The Labute approximate surface area is 141 Å². The van der Waals surface area contributed by atoms with E-state index in [0.29, 0.717) is 0 Å². The van der Waals surface area contributed by atoms with Crippen LogP contribution in [0.3, 0.4) is 0 Å². The molecular formula is C15H14BrF2NO3S. The largest absolute Gasteiger partial charge is 0.433 e. The second-order valence-corrected chi connectivity index (χ2v) is 7.55. The van der Waals surface area contributed by atoms with Crippen molar-refractivity contribution in [2.75, 3.05) is 7.05 Å². The summed E-state index contributed by atoms with van der Waals surface area (Å²) in [5.74, 6) is -0.374. The van der Waals surface area contributed by atoms with Gasteiger partial charge in [0.15, 0.2) is 0 Å². The molecular weight excluding hydrogens is 392 g/mol. The van der Waals surface area contributed by atoms with Crippen molar-refractivity contribution in [3.05, 3.63) is 58.6 Å². The average Bonchev–Trinajstić information content (AvgIpc) is 2.49. The molecule has 0 spiro atoms. The molecule has 124 valence electrons. The highest BCUT2D eigenvalue weighted by Gasteiger charge is 2.26. The zero-order chi connectivity index (χ0) is 17.0. The van der Waals surface area contributed by atoms with Crippen LogP contribution < -0.4 is 4.74 Å². The van der Waals surface area contributed by atoms with Gasteiger partial charge in [-0.25, -0.2) is 8.42 Å². The lowest BCUT2D eigenvalue weighted by Crippen LogP contribution is -2.27. The molecule has 0 unspecified atom stereocenters. The van der Waals surface area contributed by atoms with Crippen LogP contribution in [0.25, 0.3) is 0 Å². The number of rotatable bonds is 6. The van der Waals surface area contributed by atoms with Crippen LogP contribution in [0.5, 0.6) is 5.75 Å². The lowest BCUT2D eigenvalue weighted by Gasteiger charge is -2.19. The number of hydrogen-bond acceptors (Lipinski definition) is 3. The molecule has 0 heterocycles. The molecule has 0 radical (unpaired) electrons. The van der Waals surface area contributed by atoms with Gasteiger partial charge in [-0.3, -0.25) is 0 Å². The first-order chi connectivity index (χ1) is 10.8. The van der Waals surface area contributed by atoms with Crippen molar-refractivity contribution in [3.8, 4) is 5.75 Å². The second kappa shape index (κ2) is 7.37. The highest BCUT2D eigenvalue weighted by atomic mass is 79.9. The predicted molar refractivity (Wildman–Crippen MR) is 85.9 cm³/mol. The number of sulfonamides is 1. The maximum atomic E-state index is 12.6. The Morgan fingerprint density at radius 3 is 2.39 bits per heavy atom. The summed E-state index contributed by atoms with van der Waals surface area (Å²) >= 11 is 3.35. The number of ether oxygens (including phenoxy) is 1. The van der Waals surface area contributed by atoms with Crippen LogP contribution >= 0.6 is 15.9 Å². The molecule has 0 aliphatic carbocycles. The van der Waals surface area contributed by atoms with Crippen molar-refractivity contribution < 1.29 is 21.9 Å². The first kappa shape index (κ1) is 17.8. The molecule has 4 nitrogen and oxygen atoms in total. The molecule has 0 aliphatic rings. The van der Waals surface area contributed by atoms with Crippen LogP contribution in [0.2, 0.25) is 0 Å². The van der Waals surface area contributed by atoms with Crippen molar-refractivity contribution in [2.24, 2.45) is 0 Å². The van der Waals surface area contributed by atoms with Gasteiger partial charge in [-0.15, -0.1) is 0 Å². The van der Waals surface area contributed by atoms with Gasteiger partial charge in [-0.05, 0) is 23.8 Å². The first-order valence-corrected chi connectivity index (χ1v) is 8.79. The minimum absolute atomic E-state index is 0.0900. The van der Waals surface area contributed by atoms with Crippen LogP contribution in [0.15, 0.2) is 57.9 Å². The van der Waals surface area contributed by atoms with E-state index in [1.807, 2.05) is 6.07 Å². The third-order valence-electron chi connectivity index (χ3n) is 3.10. The minimum Gasteiger partial charge on any atom is -0.433 e. The summed E-state index contributed by atoms with van der Waals surface area (Å²) in [5.41, 5.74) is 0.755. The standard InChI is InChI=1S/C15H14BrF2NO3S/c1-19(10-11-6-2-3-7-12(11)16)23(20,21)14-9-5-4-8-13(14)22-15(17)18/h2-9,15H,10H2,1H3. The van der Waals surface area contributed by atoms with E-state index in [2.05, 4.69) is 20.7 Å². The number of nitrogens with zero attached hydrogens (tertiary/aromatic N) is 1. The molecule has 0 fully saturated rings. The van der Waals surface area contributed by atoms with Crippen molar-refractivity contribution in [1.82, 2.24) is 4.31 Å². The van der Waals surface area contributed by atoms with E-state index in [9.17, 15) is 17.2 Å². The van der Waals surface area contributed by atoms with Crippen LogP contribution in [0, 0.1) is 0 Å². The number of para-hydroxylation sites is 1. The molecule has 0 saturated heterocycles. The molecule has 0 atom stereocenters. The van der Waals surface area contributed by atoms with Crippen LogP contribution in [-0.2, 0) is 16.6 Å². The summed E-state index contributed by atoms with van der Waals surface area (Å²) in [6.45, 7) is -3.01. The zero-order valence-electron chi connectivity index (χ0n) is 12.1. The van der Waals surface area contributed by atoms with Gasteiger partial charge in [0.05, 0.1) is 0 Å².